The first-order valence-electron chi connectivity index (χ1n) is 22.2. The number of amides is 1. The number of nitrogens with one attached hydrogen (secondary N) is 1. The average molecular weight is 702 g/mol. The first-order valence-corrected chi connectivity index (χ1v) is 22.2. The predicted molar refractivity (Wildman–Crippen MR) is 221 cm³/mol. The van der Waals surface area contributed by atoms with Gasteiger partial charge in [-0.3, -0.25) is 4.79 Å². The third-order valence-electron chi connectivity index (χ3n) is 10.2. The zero-order valence-corrected chi connectivity index (χ0v) is 33.7. The third kappa shape index (κ3) is 37.9. The zero-order valence-electron chi connectivity index (χ0n) is 33.7. The highest BCUT2D eigenvalue weighted by Crippen LogP contribution is 2.15. The van der Waals surface area contributed by atoms with E-state index in [1.807, 2.05) is 0 Å². The molecular weight excluding hydrogens is 615 g/mol. The summed E-state index contributed by atoms with van der Waals surface area (Å²) in [7, 11) is 0. The van der Waals surface area contributed by atoms with Crippen LogP contribution in [0.1, 0.15) is 232 Å². The van der Waals surface area contributed by atoms with Crippen molar-refractivity contribution in [2.75, 3.05) is 6.61 Å². The number of hydrogen-bond acceptors (Lipinski definition) is 3. The molecule has 50 heavy (non-hydrogen) atoms. The van der Waals surface area contributed by atoms with Crippen LogP contribution in [0.4, 0.5) is 0 Å². The van der Waals surface area contributed by atoms with Gasteiger partial charge >= 0.3 is 0 Å². The van der Waals surface area contributed by atoms with Gasteiger partial charge in [-0.2, -0.15) is 0 Å². The molecule has 2 unspecified atom stereocenters. The van der Waals surface area contributed by atoms with Gasteiger partial charge in [-0.1, -0.05) is 211 Å². The van der Waals surface area contributed by atoms with E-state index in [0.717, 1.165) is 38.5 Å². The summed E-state index contributed by atoms with van der Waals surface area (Å²) < 4.78 is 0. The summed E-state index contributed by atoms with van der Waals surface area (Å²) in [5.74, 6) is -0.0358. The molecule has 0 aromatic rings. The molecule has 0 saturated carbocycles. The first-order chi connectivity index (χ1) is 24.7. The summed E-state index contributed by atoms with van der Waals surface area (Å²) in [5.41, 5.74) is 0. The normalized spacial score (nSPS) is 13.3. The maximum absolute atomic E-state index is 12.4. The number of carbonyl (C=O) groups excluding carboxylic acids is 1. The van der Waals surface area contributed by atoms with Gasteiger partial charge in [-0.05, 0) is 51.4 Å². The standard InChI is InChI=1S/C46H87NO3/c1-3-5-7-9-11-13-15-17-18-19-20-21-22-23-24-25-26-27-28-30-32-34-36-38-40-42-46(50)47-44(43-48)45(49)41-39-37-35-33-31-29-16-14-12-10-8-6-4-2/h15,17,19-20,22-23,44-45,48-49H,3-14,16,18,21,24-43H2,1-2H3,(H,47,50)/b17-15-,20-19-,23-22-. The minimum Gasteiger partial charge on any atom is -0.394 e. The van der Waals surface area contributed by atoms with Crippen molar-refractivity contribution < 1.29 is 15.0 Å². The van der Waals surface area contributed by atoms with Crippen molar-refractivity contribution >= 4 is 5.91 Å². The fourth-order valence-electron chi connectivity index (χ4n) is 6.72. The topological polar surface area (TPSA) is 69.6 Å². The van der Waals surface area contributed by atoms with Gasteiger partial charge in [0.25, 0.3) is 0 Å². The second kappa shape index (κ2) is 42.0. The highest BCUT2D eigenvalue weighted by molar-refractivity contribution is 5.76. The van der Waals surface area contributed by atoms with Crippen LogP contribution in [-0.2, 0) is 4.79 Å². The molecule has 0 spiro atoms. The number of aliphatic hydroxyl groups excluding tert-OH is 2. The van der Waals surface area contributed by atoms with E-state index in [1.54, 1.807) is 0 Å². The summed E-state index contributed by atoms with van der Waals surface area (Å²) in [4.78, 5) is 12.4. The summed E-state index contributed by atoms with van der Waals surface area (Å²) in [6.45, 7) is 4.34. The van der Waals surface area contributed by atoms with Gasteiger partial charge in [0.05, 0.1) is 18.8 Å². The second-order valence-electron chi connectivity index (χ2n) is 15.1. The molecule has 4 nitrogen and oxygen atoms in total. The van der Waals surface area contributed by atoms with Crippen LogP contribution in [0.5, 0.6) is 0 Å². The van der Waals surface area contributed by atoms with E-state index >= 15 is 0 Å². The fourth-order valence-corrected chi connectivity index (χ4v) is 6.72. The van der Waals surface area contributed by atoms with Gasteiger partial charge < -0.3 is 15.5 Å². The number of carbonyl (C=O) groups is 1. The number of hydrogen-bond donors (Lipinski definition) is 3. The minimum atomic E-state index is -0.660. The molecule has 0 aromatic carbocycles. The van der Waals surface area contributed by atoms with Crippen LogP contribution in [-0.4, -0.2) is 34.9 Å². The van der Waals surface area contributed by atoms with Crippen molar-refractivity contribution in [1.82, 2.24) is 5.32 Å². The lowest BCUT2D eigenvalue weighted by molar-refractivity contribution is -0.123. The molecule has 0 heterocycles. The lowest BCUT2D eigenvalue weighted by atomic mass is 10.0. The highest BCUT2D eigenvalue weighted by Gasteiger charge is 2.20. The minimum absolute atomic E-state index is 0.0358. The molecule has 0 rings (SSSR count). The molecule has 1 amide bonds. The number of unbranched alkanes of at least 4 members (excludes halogenated alkanes) is 27. The van der Waals surface area contributed by atoms with Crippen LogP contribution in [0.3, 0.4) is 0 Å². The lowest BCUT2D eigenvalue weighted by Crippen LogP contribution is -2.45. The maximum Gasteiger partial charge on any atom is 0.220 e. The highest BCUT2D eigenvalue weighted by atomic mass is 16.3. The fraction of sp³-hybridized carbons (Fsp3) is 0.848. The number of rotatable bonds is 40. The van der Waals surface area contributed by atoms with E-state index in [0.29, 0.717) is 12.8 Å². The Hall–Kier alpha value is -1.39. The average Bonchev–Trinajstić information content (AvgIpc) is 3.12. The van der Waals surface area contributed by atoms with E-state index in [2.05, 4.69) is 55.6 Å². The van der Waals surface area contributed by atoms with E-state index in [4.69, 9.17) is 0 Å². The van der Waals surface area contributed by atoms with Crippen molar-refractivity contribution in [1.29, 1.82) is 0 Å². The van der Waals surface area contributed by atoms with Gasteiger partial charge in [-0.15, -0.1) is 0 Å². The molecule has 294 valence electrons. The molecule has 4 heteroatoms. The van der Waals surface area contributed by atoms with E-state index in [9.17, 15) is 15.0 Å². The van der Waals surface area contributed by atoms with Crippen molar-refractivity contribution in [3.8, 4) is 0 Å². The van der Waals surface area contributed by atoms with Crippen molar-refractivity contribution in [2.24, 2.45) is 0 Å². The molecular formula is C46H87NO3. The van der Waals surface area contributed by atoms with Gasteiger partial charge in [-0.25, -0.2) is 0 Å². The van der Waals surface area contributed by atoms with Crippen LogP contribution in [0.2, 0.25) is 0 Å². The molecule has 0 saturated heterocycles. The van der Waals surface area contributed by atoms with Crippen LogP contribution < -0.4 is 5.32 Å². The summed E-state index contributed by atoms with van der Waals surface area (Å²) >= 11 is 0. The van der Waals surface area contributed by atoms with Crippen molar-refractivity contribution in [2.45, 2.75) is 244 Å². The number of allylic oxidation sites excluding steroid dienone is 6. The Labute approximate surface area is 312 Å². The zero-order chi connectivity index (χ0) is 36.4. The van der Waals surface area contributed by atoms with Crippen molar-refractivity contribution in [3.05, 3.63) is 36.5 Å². The third-order valence-corrected chi connectivity index (χ3v) is 10.2. The van der Waals surface area contributed by atoms with Gasteiger partial charge in [0.2, 0.25) is 5.91 Å². The monoisotopic (exact) mass is 702 g/mol. The second-order valence-corrected chi connectivity index (χ2v) is 15.1. The lowest BCUT2D eigenvalue weighted by Gasteiger charge is -2.22. The smallest absolute Gasteiger partial charge is 0.220 e. The molecule has 3 N–H and O–H groups in total. The van der Waals surface area contributed by atoms with Gasteiger partial charge in [0.15, 0.2) is 0 Å². The van der Waals surface area contributed by atoms with E-state index < -0.39 is 12.1 Å². The molecule has 0 bridgehead atoms. The molecule has 0 fully saturated rings. The molecule has 2 atom stereocenters. The quantitative estimate of drug-likeness (QED) is 0.0440. The van der Waals surface area contributed by atoms with Crippen LogP contribution >= 0.6 is 0 Å². The van der Waals surface area contributed by atoms with Gasteiger partial charge in [0, 0.05) is 6.42 Å². The summed E-state index contributed by atoms with van der Waals surface area (Å²) in [5, 5.41) is 23.1. The molecule has 0 aliphatic heterocycles. The number of aliphatic hydroxyl groups is 2. The van der Waals surface area contributed by atoms with Crippen LogP contribution in [0.15, 0.2) is 36.5 Å². The Morgan fingerprint density at radius 3 is 1.22 bits per heavy atom. The molecule has 0 radical (unpaired) electrons. The maximum atomic E-state index is 12.4. The molecule has 0 aliphatic rings. The Balaban J connectivity index is 3.52. The molecule has 0 aliphatic carbocycles. The van der Waals surface area contributed by atoms with E-state index in [-0.39, 0.29) is 12.5 Å². The first kappa shape index (κ1) is 48.6. The Morgan fingerprint density at radius 1 is 0.480 bits per heavy atom. The summed E-state index contributed by atoms with van der Waals surface area (Å²) in [6.07, 6.45) is 55.0. The summed E-state index contributed by atoms with van der Waals surface area (Å²) in [6, 6.07) is -0.537. The van der Waals surface area contributed by atoms with E-state index in [1.165, 1.54) is 167 Å². The largest absolute Gasteiger partial charge is 0.394 e. The predicted octanol–water partition coefficient (Wildman–Crippen LogP) is 13.8. The Morgan fingerprint density at radius 2 is 0.820 bits per heavy atom. The van der Waals surface area contributed by atoms with Crippen LogP contribution in [0.25, 0.3) is 0 Å². The Kier molecular flexibility index (Phi) is 40.9. The Bertz CT molecular complexity index is 760. The molecule has 0 aromatic heterocycles. The van der Waals surface area contributed by atoms with Crippen molar-refractivity contribution in [3.63, 3.8) is 0 Å². The van der Waals surface area contributed by atoms with Crippen LogP contribution in [0, 0.1) is 0 Å². The SMILES string of the molecule is CCCCCCC/C=C\C/C=C\C/C=C\CCCCCCCCCCCCC(=O)NC(CO)C(O)CCCCCCCCCCCCCCC. The van der Waals surface area contributed by atoms with Gasteiger partial charge in [0.1, 0.15) is 0 Å².